The van der Waals surface area contributed by atoms with Crippen molar-refractivity contribution in [3.05, 3.63) is 51.5 Å². The molecule has 2 aromatic rings. The molecule has 0 spiro atoms. The van der Waals surface area contributed by atoms with Crippen molar-refractivity contribution >= 4 is 28.1 Å². The van der Waals surface area contributed by atoms with Crippen LogP contribution in [-0.4, -0.2) is 64.0 Å². The highest BCUT2D eigenvalue weighted by Gasteiger charge is 2.31. The van der Waals surface area contributed by atoms with Crippen LogP contribution >= 0.6 is 15.9 Å². The van der Waals surface area contributed by atoms with Crippen LogP contribution in [0.2, 0.25) is 0 Å². The number of benzene rings is 1. The maximum atomic E-state index is 13.1. The van der Waals surface area contributed by atoms with E-state index in [1.807, 2.05) is 25.8 Å². The Labute approximate surface area is 172 Å². The van der Waals surface area contributed by atoms with Crippen LogP contribution < -0.4 is 0 Å². The Morgan fingerprint density at radius 2 is 2.04 bits per heavy atom. The summed E-state index contributed by atoms with van der Waals surface area (Å²) in [6, 6.07) is 6.15. The molecular formula is C20H24BrFN4O2. The van der Waals surface area contributed by atoms with E-state index in [1.165, 1.54) is 12.1 Å². The van der Waals surface area contributed by atoms with Gasteiger partial charge in [-0.15, -0.1) is 0 Å². The Balaban J connectivity index is 1.66. The molecule has 1 aromatic heterocycles. The van der Waals surface area contributed by atoms with E-state index < -0.39 is 0 Å². The molecule has 0 bridgehead atoms. The molecule has 1 aromatic carbocycles. The number of aldehydes is 1. The normalized spacial score (nSPS) is 18.9. The molecule has 1 aliphatic rings. The van der Waals surface area contributed by atoms with E-state index in [-0.39, 0.29) is 23.7 Å². The van der Waals surface area contributed by atoms with Crippen LogP contribution in [0.4, 0.5) is 4.39 Å². The monoisotopic (exact) mass is 450 g/mol. The highest BCUT2D eigenvalue weighted by atomic mass is 79.9. The van der Waals surface area contributed by atoms with E-state index in [0.29, 0.717) is 31.9 Å². The number of amides is 1. The Morgan fingerprint density at radius 3 is 2.57 bits per heavy atom. The largest absolute Gasteiger partial charge is 0.334 e. The zero-order valence-corrected chi connectivity index (χ0v) is 17.8. The highest BCUT2D eigenvalue weighted by Crippen LogP contribution is 2.24. The molecule has 1 fully saturated rings. The fourth-order valence-electron chi connectivity index (χ4n) is 3.51. The van der Waals surface area contributed by atoms with Crippen molar-refractivity contribution in [2.75, 3.05) is 26.2 Å². The van der Waals surface area contributed by atoms with Crippen molar-refractivity contribution < 1.29 is 14.0 Å². The number of halogens is 2. The minimum absolute atomic E-state index is 0.0902. The second kappa shape index (κ2) is 8.53. The van der Waals surface area contributed by atoms with Gasteiger partial charge in [0.25, 0.3) is 5.91 Å². The first-order valence-corrected chi connectivity index (χ1v) is 10.0. The molecule has 2 heterocycles. The predicted molar refractivity (Wildman–Crippen MR) is 108 cm³/mol. The van der Waals surface area contributed by atoms with Crippen LogP contribution in [0.1, 0.15) is 34.6 Å². The molecular weight excluding hydrogens is 427 g/mol. The first-order chi connectivity index (χ1) is 13.3. The lowest BCUT2D eigenvalue weighted by molar-refractivity contribution is -0.109. The van der Waals surface area contributed by atoms with E-state index in [1.54, 1.807) is 16.8 Å². The molecule has 150 valence electrons. The summed E-state index contributed by atoms with van der Waals surface area (Å²) in [5.74, 6) is -0.727. The fraction of sp³-hybridized carbons (Fsp3) is 0.450. The van der Waals surface area contributed by atoms with Gasteiger partial charge < -0.3 is 9.69 Å². The number of hydrogen-bond donors (Lipinski definition) is 0. The lowest BCUT2D eigenvalue weighted by Crippen LogP contribution is -2.54. The van der Waals surface area contributed by atoms with Crippen LogP contribution in [0.15, 0.2) is 28.7 Å². The smallest absolute Gasteiger partial charge is 0.275 e. The molecule has 1 saturated heterocycles. The van der Waals surface area contributed by atoms with E-state index in [9.17, 15) is 14.0 Å². The maximum absolute atomic E-state index is 13.1. The third kappa shape index (κ3) is 4.17. The van der Waals surface area contributed by atoms with E-state index in [2.05, 4.69) is 25.9 Å². The van der Waals surface area contributed by atoms with Crippen molar-refractivity contribution in [2.24, 2.45) is 7.05 Å². The van der Waals surface area contributed by atoms with Crippen molar-refractivity contribution in [1.82, 2.24) is 19.6 Å². The minimum atomic E-state index is -0.321. The number of rotatable bonds is 5. The summed E-state index contributed by atoms with van der Waals surface area (Å²) < 4.78 is 15.6. The first kappa shape index (κ1) is 20.7. The van der Waals surface area contributed by atoms with Gasteiger partial charge in [0.2, 0.25) is 0 Å². The SMILES string of the molecule is Cc1c(Br)c(C(=O)N2CCN(CC(C=O)c3ccc(F)cc3)C(C)C2)nn1C. The van der Waals surface area contributed by atoms with Crippen molar-refractivity contribution in [2.45, 2.75) is 25.8 Å². The number of aromatic nitrogens is 2. The molecule has 6 nitrogen and oxygen atoms in total. The van der Waals surface area contributed by atoms with Gasteiger partial charge in [-0.05, 0) is 47.5 Å². The van der Waals surface area contributed by atoms with Gasteiger partial charge in [-0.25, -0.2) is 4.39 Å². The Hall–Kier alpha value is -2.06. The molecule has 3 rings (SSSR count). The summed E-state index contributed by atoms with van der Waals surface area (Å²) in [7, 11) is 1.81. The van der Waals surface area contributed by atoms with E-state index in [0.717, 1.165) is 22.0 Å². The van der Waals surface area contributed by atoms with Crippen LogP contribution in [-0.2, 0) is 11.8 Å². The van der Waals surface area contributed by atoms with Crippen LogP contribution in [0.25, 0.3) is 0 Å². The molecule has 1 amide bonds. The van der Waals surface area contributed by atoms with Gasteiger partial charge in [-0.2, -0.15) is 5.10 Å². The number of nitrogens with zero attached hydrogens (tertiary/aromatic N) is 4. The van der Waals surface area contributed by atoms with Crippen LogP contribution in [0.3, 0.4) is 0 Å². The summed E-state index contributed by atoms with van der Waals surface area (Å²) in [4.78, 5) is 28.5. The summed E-state index contributed by atoms with van der Waals surface area (Å²) in [6.07, 6.45) is 0.908. The van der Waals surface area contributed by atoms with Crippen molar-refractivity contribution in [1.29, 1.82) is 0 Å². The second-order valence-electron chi connectivity index (χ2n) is 7.26. The zero-order chi connectivity index (χ0) is 20.4. The van der Waals surface area contributed by atoms with Crippen molar-refractivity contribution in [3.8, 4) is 0 Å². The lowest BCUT2D eigenvalue weighted by atomic mass is 9.98. The van der Waals surface area contributed by atoms with Crippen LogP contribution in [0, 0.1) is 12.7 Å². The molecule has 0 N–H and O–H groups in total. The molecule has 8 heteroatoms. The van der Waals surface area contributed by atoms with Gasteiger partial charge in [-0.3, -0.25) is 14.4 Å². The summed E-state index contributed by atoms with van der Waals surface area (Å²) >= 11 is 3.46. The average molecular weight is 451 g/mol. The Kier molecular flexibility index (Phi) is 6.30. The Morgan fingerprint density at radius 1 is 1.36 bits per heavy atom. The lowest BCUT2D eigenvalue weighted by Gasteiger charge is -2.40. The summed E-state index contributed by atoms with van der Waals surface area (Å²) in [6.45, 7) is 6.30. The van der Waals surface area contributed by atoms with Gasteiger partial charge in [0, 0.05) is 39.3 Å². The first-order valence-electron chi connectivity index (χ1n) is 9.25. The zero-order valence-electron chi connectivity index (χ0n) is 16.2. The summed E-state index contributed by atoms with van der Waals surface area (Å²) in [5.41, 5.74) is 2.14. The number of piperazine rings is 1. The van der Waals surface area contributed by atoms with Crippen LogP contribution in [0.5, 0.6) is 0 Å². The molecule has 0 saturated carbocycles. The number of hydrogen-bond acceptors (Lipinski definition) is 4. The predicted octanol–water partition coefficient (Wildman–Crippen LogP) is 2.76. The molecule has 2 atom stereocenters. The second-order valence-corrected chi connectivity index (χ2v) is 8.05. The van der Waals surface area contributed by atoms with Gasteiger partial charge in [-0.1, -0.05) is 12.1 Å². The molecule has 28 heavy (non-hydrogen) atoms. The van der Waals surface area contributed by atoms with Gasteiger partial charge >= 0.3 is 0 Å². The van der Waals surface area contributed by atoms with E-state index >= 15 is 0 Å². The van der Waals surface area contributed by atoms with Crippen molar-refractivity contribution in [3.63, 3.8) is 0 Å². The highest BCUT2D eigenvalue weighted by molar-refractivity contribution is 9.10. The molecule has 0 radical (unpaired) electrons. The standard InChI is InChI=1S/C20H24BrFN4O2/c1-13-10-26(20(28)19-18(21)14(2)24(3)23-19)9-8-25(13)11-16(12-27)15-4-6-17(22)7-5-15/h4-7,12-13,16H,8-11H2,1-3H3. The molecule has 1 aliphatic heterocycles. The molecule has 0 aliphatic carbocycles. The fourth-order valence-corrected chi connectivity index (χ4v) is 4.01. The average Bonchev–Trinajstić information content (AvgIpc) is 2.94. The number of carbonyl (C=O) groups is 2. The number of carbonyl (C=O) groups excluding carboxylic acids is 2. The quantitative estimate of drug-likeness (QED) is 0.657. The molecule has 2 unspecified atom stereocenters. The van der Waals surface area contributed by atoms with E-state index in [4.69, 9.17) is 0 Å². The van der Waals surface area contributed by atoms with Gasteiger partial charge in [0.1, 0.15) is 12.1 Å². The van der Waals surface area contributed by atoms with Gasteiger partial charge in [0.05, 0.1) is 16.1 Å². The minimum Gasteiger partial charge on any atom is -0.334 e. The topological polar surface area (TPSA) is 58.4 Å². The third-order valence-electron chi connectivity index (χ3n) is 5.41. The number of aryl methyl sites for hydroxylation is 1. The summed E-state index contributed by atoms with van der Waals surface area (Å²) in [5, 5.41) is 4.33. The van der Waals surface area contributed by atoms with Gasteiger partial charge in [0.15, 0.2) is 5.69 Å². The Bertz CT molecular complexity index is 868. The third-order valence-corrected chi connectivity index (χ3v) is 6.36. The maximum Gasteiger partial charge on any atom is 0.275 e.